The standard InChI is InChI=1S/C29H45NO11/c1-8-11-15-35-26(32)39-23-14-13-21(18-24(23)40-27(33)36-16-12-9-2)17-22(30)25(31)37-19(4)20(5)38-28(34)41-29(6,7)10-3/h13-14,18-20,22H,8-12,15-17,30H2,1-7H3/t19-,20?,22-/m0/s1. The predicted molar refractivity (Wildman–Crippen MR) is 149 cm³/mol. The third-order valence-electron chi connectivity index (χ3n) is 6.04. The molecule has 1 rings (SSSR count). The van der Waals surface area contributed by atoms with Gasteiger partial charge >= 0.3 is 24.4 Å². The molecule has 2 N–H and O–H groups in total. The lowest BCUT2D eigenvalue weighted by molar-refractivity contribution is -0.156. The van der Waals surface area contributed by atoms with Crippen LogP contribution in [0.4, 0.5) is 14.4 Å². The van der Waals surface area contributed by atoms with E-state index in [1.54, 1.807) is 33.8 Å². The van der Waals surface area contributed by atoms with E-state index >= 15 is 0 Å². The molecule has 0 aliphatic carbocycles. The van der Waals surface area contributed by atoms with Gasteiger partial charge in [-0.05, 0) is 71.1 Å². The number of nitrogens with two attached hydrogens (primary N) is 1. The molecule has 0 aromatic heterocycles. The number of rotatable bonds is 16. The topological polar surface area (TPSA) is 159 Å². The van der Waals surface area contributed by atoms with Crippen molar-refractivity contribution in [3.63, 3.8) is 0 Å². The lowest BCUT2D eigenvalue weighted by Gasteiger charge is -2.26. The quantitative estimate of drug-likeness (QED) is 0.107. The first kappa shape index (κ1) is 35.5. The van der Waals surface area contributed by atoms with Crippen molar-refractivity contribution in [2.75, 3.05) is 13.2 Å². The number of benzene rings is 1. The minimum absolute atomic E-state index is 0.00398. The van der Waals surface area contributed by atoms with Crippen LogP contribution in [0.15, 0.2) is 18.2 Å². The molecule has 0 spiro atoms. The molecule has 0 radical (unpaired) electrons. The van der Waals surface area contributed by atoms with Gasteiger partial charge in [0.25, 0.3) is 0 Å². The maximum Gasteiger partial charge on any atom is 0.513 e. The van der Waals surface area contributed by atoms with Crippen LogP contribution in [-0.4, -0.2) is 61.5 Å². The summed E-state index contributed by atoms with van der Waals surface area (Å²) in [6.45, 7) is 12.8. The predicted octanol–water partition coefficient (Wildman–Crippen LogP) is 5.85. The van der Waals surface area contributed by atoms with Crippen LogP contribution < -0.4 is 15.2 Å². The number of esters is 1. The fourth-order valence-corrected chi connectivity index (χ4v) is 2.95. The summed E-state index contributed by atoms with van der Waals surface area (Å²) in [6.07, 6.45) is -0.843. The van der Waals surface area contributed by atoms with E-state index < -0.39 is 48.3 Å². The van der Waals surface area contributed by atoms with E-state index in [1.807, 2.05) is 20.8 Å². The Hall–Kier alpha value is -3.54. The van der Waals surface area contributed by atoms with E-state index in [-0.39, 0.29) is 31.1 Å². The van der Waals surface area contributed by atoms with Crippen molar-refractivity contribution in [1.82, 2.24) is 0 Å². The molecule has 3 atom stereocenters. The molecule has 12 heteroatoms. The highest BCUT2D eigenvalue weighted by Gasteiger charge is 2.28. The van der Waals surface area contributed by atoms with Crippen molar-refractivity contribution < 1.29 is 52.3 Å². The molecule has 0 aliphatic rings. The van der Waals surface area contributed by atoms with Crippen molar-refractivity contribution in [3.05, 3.63) is 23.8 Å². The van der Waals surface area contributed by atoms with Gasteiger partial charge in [-0.1, -0.05) is 39.7 Å². The van der Waals surface area contributed by atoms with Crippen molar-refractivity contribution >= 4 is 24.4 Å². The van der Waals surface area contributed by atoms with Crippen LogP contribution in [0.25, 0.3) is 0 Å². The van der Waals surface area contributed by atoms with E-state index in [4.69, 9.17) is 38.9 Å². The Morgan fingerprint density at radius 2 is 1.34 bits per heavy atom. The van der Waals surface area contributed by atoms with Gasteiger partial charge in [-0.3, -0.25) is 4.79 Å². The van der Waals surface area contributed by atoms with E-state index in [2.05, 4.69) is 0 Å². The maximum absolute atomic E-state index is 12.7. The molecule has 1 unspecified atom stereocenters. The van der Waals surface area contributed by atoms with Crippen LogP contribution in [-0.2, 0) is 34.9 Å². The summed E-state index contributed by atoms with van der Waals surface area (Å²) in [5.41, 5.74) is 5.87. The van der Waals surface area contributed by atoms with Crippen LogP contribution in [0.2, 0.25) is 0 Å². The Bertz CT molecular complexity index is 995. The molecule has 1 aromatic rings. The second-order valence-corrected chi connectivity index (χ2v) is 10.1. The summed E-state index contributed by atoms with van der Waals surface area (Å²) in [6, 6.07) is 3.25. The lowest BCUT2D eigenvalue weighted by Crippen LogP contribution is -2.40. The molecule has 0 heterocycles. The summed E-state index contributed by atoms with van der Waals surface area (Å²) in [5.74, 6) is -0.922. The maximum atomic E-state index is 12.7. The van der Waals surface area contributed by atoms with Gasteiger partial charge in [-0.15, -0.1) is 0 Å². The van der Waals surface area contributed by atoms with Gasteiger partial charge in [0.1, 0.15) is 23.9 Å². The van der Waals surface area contributed by atoms with Gasteiger partial charge < -0.3 is 38.9 Å². The summed E-state index contributed by atoms with van der Waals surface area (Å²) >= 11 is 0. The molecule has 0 amide bonds. The normalized spacial score (nSPS) is 13.3. The van der Waals surface area contributed by atoms with Crippen LogP contribution in [0.3, 0.4) is 0 Å². The SMILES string of the molecule is CCCCOC(=O)Oc1ccc(C[C@H](N)C(=O)O[C@@H](C)C(C)OC(=O)OC(C)(C)CC)cc1OC(=O)OCCCC. The summed E-state index contributed by atoms with van der Waals surface area (Å²) in [4.78, 5) is 48.9. The Morgan fingerprint density at radius 1 is 0.805 bits per heavy atom. The third-order valence-corrected chi connectivity index (χ3v) is 6.04. The van der Waals surface area contributed by atoms with Crippen molar-refractivity contribution in [3.8, 4) is 11.5 Å². The highest BCUT2D eigenvalue weighted by atomic mass is 16.8. The number of ether oxygens (including phenoxy) is 7. The molecule has 12 nitrogen and oxygen atoms in total. The minimum Gasteiger partial charge on any atom is -0.458 e. The van der Waals surface area contributed by atoms with Gasteiger partial charge in [0, 0.05) is 0 Å². The molecule has 232 valence electrons. The average Bonchev–Trinajstić information content (AvgIpc) is 2.89. The summed E-state index contributed by atoms with van der Waals surface area (Å²) < 4.78 is 36.4. The second kappa shape index (κ2) is 18.0. The minimum atomic E-state index is -1.11. The monoisotopic (exact) mass is 583 g/mol. The van der Waals surface area contributed by atoms with Crippen LogP contribution in [0.1, 0.15) is 86.1 Å². The van der Waals surface area contributed by atoms with Crippen molar-refractivity contribution in [2.24, 2.45) is 5.73 Å². The Morgan fingerprint density at radius 3 is 1.88 bits per heavy atom. The molecule has 41 heavy (non-hydrogen) atoms. The van der Waals surface area contributed by atoms with Crippen LogP contribution >= 0.6 is 0 Å². The van der Waals surface area contributed by atoms with Crippen molar-refractivity contribution in [1.29, 1.82) is 0 Å². The second-order valence-electron chi connectivity index (χ2n) is 10.1. The first-order chi connectivity index (χ1) is 19.3. The molecular formula is C29H45NO11. The Kier molecular flexibility index (Phi) is 15.6. The fourth-order valence-electron chi connectivity index (χ4n) is 2.95. The first-order valence-electron chi connectivity index (χ1n) is 14.0. The number of hydrogen-bond acceptors (Lipinski definition) is 12. The van der Waals surface area contributed by atoms with Gasteiger partial charge in [-0.2, -0.15) is 0 Å². The molecule has 0 fully saturated rings. The zero-order chi connectivity index (χ0) is 31.0. The van der Waals surface area contributed by atoms with Gasteiger partial charge in [0.2, 0.25) is 0 Å². The lowest BCUT2D eigenvalue weighted by atomic mass is 10.1. The highest BCUT2D eigenvalue weighted by Crippen LogP contribution is 2.30. The highest BCUT2D eigenvalue weighted by molar-refractivity contribution is 5.76. The zero-order valence-corrected chi connectivity index (χ0v) is 25.2. The van der Waals surface area contributed by atoms with Crippen LogP contribution in [0.5, 0.6) is 11.5 Å². The summed E-state index contributed by atoms with van der Waals surface area (Å²) in [5, 5.41) is 0. The van der Waals surface area contributed by atoms with Crippen molar-refractivity contribution in [2.45, 2.75) is 111 Å². The average molecular weight is 584 g/mol. The van der Waals surface area contributed by atoms with E-state index in [9.17, 15) is 19.2 Å². The molecule has 0 saturated carbocycles. The van der Waals surface area contributed by atoms with E-state index in [0.717, 1.165) is 12.8 Å². The number of unbranched alkanes of at least 4 members (excludes halogenated alkanes) is 2. The number of carbonyl (C=O) groups is 4. The first-order valence-corrected chi connectivity index (χ1v) is 14.0. The molecule has 1 aromatic carbocycles. The zero-order valence-electron chi connectivity index (χ0n) is 25.2. The number of carbonyl (C=O) groups excluding carboxylic acids is 4. The largest absolute Gasteiger partial charge is 0.513 e. The van der Waals surface area contributed by atoms with Crippen LogP contribution in [0, 0.1) is 0 Å². The number of hydrogen-bond donors (Lipinski definition) is 1. The van der Waals surface area contributed by atoms with Gasteiger partial charge in [0.05, 0.1) is 13.2 Å². The Balaban J connectivity index is 2.88. The molecule has 0 saturated heterocycles. The fraction of sp³-hybridized carbons (Fsp3) is 0.655. The smallest absolute Gasteiger partial charge is 0.458 e. The van der Waals surface area contributed by atoms with E-state index in [1.165, 1.54) is 12.1 Å². The molecule has 0 bridgehead atoms. The molecule has 0 aliphatic heterocycles. The van der Waals surface area contributed by atoms with Gasteiger partial charge in [-0.25, -0.2) is 14.4 Å². The van der Waals surface area contributed by atoms with E-state index in [0.29, 0.717) is 24.8 Å². The Labute approximate surface area is 242 Å². The summed E-state index contributed by atoms with van der Waals surface area (Å²) in [7, 11) is 0. The van der Waals surface area contributed by atoms with Gasteiger partial charge in [0.15, 0.2) is 11.5 Å². The third kappa shape index (κ3) is 14.1. The molecular weight excluding hydrogens is 538 g/mol.